The van der Waals surface area contributed by atoms with Crippen LogP contribution in [0.2, 0.25) is 0 Å². The molecule has 210 valence electrons. The number of halogens is 1. The minimum Gasteiger partial charge on any atom is -0.479 e. The first-order valence-corrected chi connectivity index (χ1v) is 14.1. The van der Waals surface area contributed by atoms with E-state index in [-0.39, 0.29) is 23.2 Å². The lowest BCUT2D eigenvalue weighted by atomic mass is 9.72. The summed E-state index contributed by atoms with van der Waals surface area (Å²) in [6, 6.07) is 1.51. The van der Waals surface area contributed by atoms with Crippen molar-refractivity contribution < 1.29 is 18.7 Å². The maximum atomic E-state index is 14.6. The van der Waals surface area contributed by atoms with Crippen LogP contribution >= 0.6 is 0 Å². The van der Waals surface area contributed by atoms with Gasteiger partial charge in [-0.25, -0.2) is 14.1 Å². The molecular weight excluding hydrogens is 499 g/mol. The lowest BCUT2D eigenvalue weighted by Crippen LogP contribution is -2.46. The molecule has 3 aromatic heterocycles. The number of pyridine rings is 1. The highest BCUT2D eigenvalue weighted by molar-refractivity contribution is 5.77. The van der Waals surface area contributed by atoms with Crippen LogP contribution in [0.5, 0.6) is 5.88 Å². The first-order chi connectivity index (χ1) is 18.9. The Labute approximate surface area is 229 Å². The Bertz CT molecular complexity index is 1320. The van der Waals surface area contributed by atoms with Gasteiger partial charge in [0, 0.05) is 54.7 Å². The third-order valence-electron chi connectivity index (χ3n) is 8.37. The van der Waals surface area contributed by atoms with Crippen LogP contribution in [0.25, 0.3) is 16.9 Å². The molecule has 0 aromatic carbocycles. The van der Waals surface area contributed by atoms with E-state index in [0.29, 0.717) is 38.2 Å². The van der Waals surface area contributed by atoms with Crippen LogP contribution < -0.4 is 4.74 Å². The molecule has 2 unspecified atom stereocenters. The summed E-state index contributed by atoms with van der Waals surface area (Å²) < 4.78 is 29.2. The van der Waals surface area contributed by atoms with Crippen LogP contribution in [0.1, 0.15) is 70.2 Å². The van der Waals surface area contributed by atoms with Crippen LogP contribution in [0, 0.1) is 11.2 Å². The van der Waals surface area contributed by atoms with E-state index < -0.39 is 5.82 Å². The van der Waals surface area contributed by atoms with E-state index in [1.807, 2.05) is 18.0 Å². The zero-order chi connectivity index (χ0) is 27.6. The Balaban J connectivity index is 1.52. The molecule has 10 heteroatoms. The van der Waals surface area contributed by atoms with Crippen molar-refractivity contribution in [2.45, 2.75) is 71.8 Å². The lowest BCUT2D eigenvalue weighted by Gasteiger charge is -2.43. The molecule has 1 saturated heterocycles. The number of aromatic nitrogens is 5. The molecule has 1 amide bonds. The number of ether oxygens (including phenoxy) is 2. The molecule has 5 rings (SSSR count). The fourth-order valence-corrected chi connectivity index (χ4v) is 6.08. The van der Waals surface area contributed by atoms with Gasteiger partial charge in [0.1, 0.15) is 0 Å². The van der Waals surface area contributed by atoms with Gasteiger partial charge in [-0.3, -0.25) is 9.48 Å². The van der Waals surface area contributed by atoms with E-state index in [2.05, 4.69) is 29.7 Å². The summed E-state index contributed by atoms with van der Waals surface area (Å²) in [5.74, 6) is -0.351. The fourth-order valence-electron chi connectivity index (χ4n) is 6.08. The van der Waals surface area contributed by atoms with Crippen molar-refractivity contribution in [3.8, 4) is 22.8 Å². The normalized spacial score (nSPS) is 20.5. The third kappa shape index (κ3) is 5.31. The molecule has 39 heavy (non-hydrogen) atoms. The Morgan fingerprint density at radius 3 is 2.77 bits per heavy atom. The monoisotopic (exact) mass is 538 g/mol. The molecule has 5 heterocycles. The minimum atomic E-state index is -0.533. The average molecular weight is 539 g/mol. The van der Waals surface area contributed by atoms with Crippen molar-refractivity contribution in [2.75, 3.05) is 33.4 Å². The molecule has 0 radical (unpaired) electrons. The molecule has 2 atom stereocenters. The average Bonchev–Trinajstić information content (AvgIpc) is 3.46. The number of unbranched alkanes of at least 4 members (excludes halogenated alkanes) is 1. The van der Waals surface area contributed by atoms with Gasteiger partial charge in [-0.1, -0.05) is 26.7 Å². The molecular formula is C29H39FN6O3. The second-order valence-electron chi connectivity index (χ2n) is 10.9. The second kappa shape index (κ2) is 11.5. The van der Waals surface area contributed by atoms with E-state index in [0.717, 1.165) is 61.3 Å². The fraction of sp³-hybridized carbons (Fsp3) is 0.586. The minimum absolute atomic E-state index is 0.0447. The second-order valence-corrected chi connectivity index (χ2v) is 10.9. The molecule has 0 aliphatic carbocycles. The van der Waals surface area contributed by atoms with Crippen molar-refractivity contribution in [3.63, 3.8) is 0 Å². The number of carbonyl (C=O) groups is 1. The van der Waals surface area contributed by atoms with Crippen molar-refractivity contribution in [1.82, 2.24) is 29.4 Å². The van der Waals surface area contributed by atoms with Gasteiger partial charge in [0.05, 0.1) is 55.8 Å². The zero-order valence-electron chi connectivity index (χ0n) is 23.5. The largest absolute Gasteiger partial charge is 0.479 e. The summed E-state index contributed by atoms with van der Waals surface area (Å²) in [4.78, 5) is 19.0. The van der Waals surface area contributed by atoms with Crippen LogP contribution in [0.15, 0.2) is 24.7 Å². The third-order valence-corrected chi connectivity index (χ3v) is 8.37. The highest BCUT2D eigenvalue weighted by Gasteiger charge is 2.42. The highest BCUT2D eigenvalue weighted by Crippen LogP contribution is 2.44. The molecule has 1 fully saturated rings. The van der Waals surface area contributed by atoms with Gasteiger partial charge in [-0.2, -0.15) is 10.2 Å². The van der Waals surface area contributed by atoms with Crippen LogP contribution in [0.3, 0.4) is 0 Å². The van der Waals surface area contributed by atoms with Gasteiger partial charge >= 0.3 is 0 Å². The van der Waals surface area contributed by atoms with Crippen molar-refractivity contribution in [2.24, 2.45) is 5.41 Å². The number of amides is 1. The Hall–Kier alpha value is -3.27. The summed E-state index contributed by atoms with van der Waals surface area (Å²) in [7, 11) is 1.40. The number of rotatable bonds is 9. The number of piperidine rings is 1. The van der Waals surface area contributed by atoms with Crippen LogP contribution in [0.4, 0.5) is 4.39 Å². The number of carbonyl (C=O) groups excluding carboxylic acids is 1. The number of hydrogen-bond acceptors (Lipinski definition) is 6. The predicted octanol–water partition coefficient (Wildman–Crippen LogP) is 4.77. The number of nitrogens with zero attached hydrogens (tertiary/aromatic N) is 6. The highest BCUT2D eigenvalue weighted by atomic mass is 19.1. The number of fused-ring (bicyclic) bond motifs is 1. The molecule has 0 saturated carbocycles. The van der Waals surface area contributed by atoms with Crippen molar-refractivity contribution in [1.29, 1.82) is 0 Å². The predicted molar refractivity (Wildman–Crippen MR) is 145 cm³/mol. The summed E-state index contributed by atoms with van der Waals surface area (Å²) in [5, 5.41) is 9.81. The number of hydrogen-bond donors (Lipinski definition) is 0. The summed E-state index contributed by atoms with van der Waals surface area (Å²) in [5.41, 5.74) is 4.20. The van der Waals surface area contributed by atoms with E-state index in [4.69, 9.17) is 19.7 Å². The Kier molecular flexibility index (Phi) is 8.02. The Morgan fingerprint density at radius 2 is 2.05 bits per heavy atom. The van der Waals surface area contributed by atoms with E-state index >= 15 is 0 Å². The smallest absolute Gasteiger partial charge is 0.250 e. The van der Waals surface area contributed by atoms with Gasteiger partial charge in [0.25, 0.3) is 0 Å². The van der Waals surface area contributed by atoms with Gasteiger partial charge in [0.15, 0.2) is 5.82 Å². The van der Waals surface area contributed by atoms with E-state index in [9.17, 15) is 9.18 Å². The number of likely N-dealkylation sites (tertiary alicyclic amines) is 1. The Morgan fingerprint density at radius 1 is 1.23 bits per heavy atom. The van der Waals surface area contributed by atoms with Gasteiger partial charge in [0.2, 0.25) is 11.8 Å². The maximum absolute atomic E-state index is 14.6. The maximum Gasteiger partial charge on any atom is 0.250 e. The molecule has 2 aliphatic rings. The first-order valence-electron chi connectivity index (χ1n) is 14.1. The van der Waals surface area contributed by atoms with E-state index in [1.54, 1.807) is 10.9 Å². The quantitative estimate of drug-likeness (QED) is 0.390. The molecule has 0 N–H and O–H groups in total. The van der Waals surface area contributed by atoms with Gasteiger partial charge in [-0.15, -0.1) is 0 Å². The first kappa shape index (κ1) is 27.3. The summed E-state index contributed by atoms with van der Waals surface area (Å²) in [6.07, 6.45) is 11.5. The zero-order valence-corrected chi connectivity index (χ0v) is 23.5. The van der Waals surface area contributed by atoms with Gasteiger partial charge in [-0.05, 0) is 26.2 Å². The molecule has 0 spiro atoms. The lowest BCUT2D eigenvalue weighted by molar-refractivity contribution is -0.139. The van der Waals surface area contributed by atoms with Crippen molar-refractivity contribution in [3.05, 3.63) is 41.7 Å². The molecule has 9 nitrogen and oxygen atoms in total. The summed E-state index contributed by atoms with van der Waals surface area (Å²) in [6.45, 7) is 9.19. The van der Waals surface area contributed by atoms with Crippen LogP contribution in [-0.4, -0.2) is 68.8 Å². The van der Waals surface area contributed by atoms with E-state index in [1.165, 1.54) is 13.2 Å². The SMILES string of the molecule is CCCCC(n1cc(-c2nn(-c3cnc(OC)c(F)c3)c3c2CCOCC3)cn1)C1(C)CCN(CC)C(=O)C1. The van der Waals surface area contributed by atoms with Crippen LogP contribution in [-0.2, 0) is 22.4 Å². The van der Waals surface area contributed by atoms with Gasteiger partial charge < -0.3 is 14.4 Å². The molecule has 3 aromatic rings. The molecule has 0 bridgehead atoms. The number of methoxy groups -OCH3 is 1. The topological polar surface area (TPSA) is 87.3 Å². The van der Waals surface area contributed by atoms with Crippen molar-refractivity contribution >= 4 is 5.91 Å². The standard InChI is InChI=1S/C29H39FN6O3/c1-5-7-8-25(29(3)11-12-34(6-2)26(37)16-29)35-19-20(17-32-35)27-22-9-13-39-14-10-24(22)36(33-27)21-15-23(30)28(38-4)31-18-21/h15,17-19,25H,5-14,16H2,1-4H3. The summed E-state index contributed by atoms with van der Waals surface area (Å²) >= 11 is 0. The molecule has 2 aliphatic heterocycles.